The van der Waals surface area contributed by atoms with E-state index in [2.05, 4.69) is 9.88 Å². The second-order valence-electron chi connectivity index (χ2n) is 8.62. The molecule has 0 spiro atoms. The lowest BCUT2D eigenvalue weighted by molar-refractivity contribution is -0.123. The van der Waals surface area contributed by atoms with E-state index in [1.165, 1.54) is 0 Å². The molecule has 1 heterocycles. The van der Waals surface area contributed by atoms with Gasteiger partial charge >= 0.3 is 0 Å². The van der Waals surface area contributed by atoms with Gasteiger partial charge in [0.1, 0.15) is 23.9 Å². The van der Waals surface area contributed by atoms with Gasteiger partial charge in [0.05, 0.1) is 23.6 Å². The van der Waals surface area contributed by atoms with Gasteiger partial charge in [0.25, 0.3) is 5.91 Å². The van der Waals surface area contributed by atoms with Gasteiger partial charge in [0.15, 0.2) is 6.61 Å². The molecule has 0 saturated carbocycles. The van der Waals surface area contributed by atoms with Gasteiger partial charge in [-0.15, -0.1) is 0 Å². The first kappa shape index (κ1) is 23.4. The highest BCUT2D eigenvalue weighted by molar-refractivity contribution is 5.79. The summed E-state index contributed by atoms with van der Waals surface area (Å²) in [5, 5.41) is 3.03. The number of para-hydroxylation sites is 2. The first-order valence-corrected chi connectivity index (χ1v) is 11.5. The highest BCUT2D eigenvalue weighted by atomic mass is 16.5. The van der Waals surface area contributed by atoms with Gasteiger partial charge < -0.3 is 19.4 Å². The minimum atomic E-state index is -0.291. The average molecular weight is 458 g/mol. The number of carbonyl (C=O) groups is 1. The molecular formula is C28H31N3O3. The van der Waals surface area contributed by atoms with Crippen LogP contribution in [0.4, 0.5) is 0 Å². The van der Waals surface area contributed by atoms with Gasteiger partial charge in [-0.25, -0.2) is 4.98 Å². The Morgan fingerprint density at radius 3 is 2.59 bits per heavy atom. The number of aromatic nitrogens is 2. The Hall–Kier alpha value is -3.80. The van der Waals surface area contributed by atoms with Crippen molar-refractivity contribution in [1.29, 1.82) is 0 Å². The highest BCUT2D eigenvalue weighted by Crippen LogP contribution is 2.22. The molecule has 6 nitrogen and oxygen atoms in total. The van der Waals surface area contributed by atoms with Crippen LogP contribution in [0.5, 0.6) is 11.5 Å². The van der Waals surface area contributed by atoms with Crippen LogP contribution in [0, 0.1) is 20.8 Å². The van der Waals surface area contributed by atoms with Crippen molar-refractivity contribution < 1.29 is 14.3 Å². The minimum absolute atomic E-state index is 0.0503. The standard InChI is InChI=1S/C28H31N3O3/c1-19-8-7-9-23(16-19)33-15-14-31-25-11-6-5-10-24(25)30-28(31)22(4)29-27(32)18-34-26-17-20(2)12-13-21(26)3/h5-13,16-17,22H,14-15,18H2,1-4H3,(H,29,32). The lowest BCUT2D eigenvalue weighted by atomic mass is 10.1. The number of nitrogens with one attached hydrogen (secondary N) is 1. The van der Waals surface area contributed by atoms with Gasteiger partial charge in [-0.2, -0.15) is 0 Å². The Morgan fingerprint density at radius 2 is 1.76 bits per heavy atom. The van der Waals surface area contributed by atoms with Crippen molar-refractivity contribution in [2.24, 2.45) is 0 Å². The number of ether oxygens (including phenoxy) is 2. The van der Waals surface area contributed by atoms with Gasteiger partial charge in [0, 0.05) is 0 Å². The molecule has 0 aliphatic heterocycles. The zero-order chi connectivity index (χ0) is 24.1. The van der Waals surface area contributed by atoms with Gasteiger partial charge in [0.2, 0.25) is 0 Å². The number of rotatable bonds is 9. The molecule has 1 N–H and O–H groups in total. The minimum Gasteiger partial charge on any atom is -0.492 e. The van der Waals surface area contributed by atoms with Crippen LogP contribution in [-0.4, -0.2) is 28.7 Å². The van der Waals surface area contributed by atoms with Crippen LogP contribution in [-0.2, 0) is 11.3 Å². The van der Waals surface area contributed by atoms with Crippen molar-refractivity contribution >= 4 is 16.9 Å². The molecule has 1 aromatic heterocycles. The van der Waals surface area contributed by atoms with Crippen molar-refractivity contribution in [2.75, 3.05) is 13.2 Å². The molecule has 3 aromatic carbocycles. The zero-order valence-corrected chi connectivity index (χ0v) is 20.2. The van der Waals surface area contributed by atoms with Crippen LogP contribution in [0.1, 0.15) is 35.5 Å². The molecule has 0 aliphatic rings. The van der Waals surface area contributed by atoms with Crippen LogP contribution in [0.15, 0.2) is 66.7 Å². The molecule has 4 rings (SSSR count). The van der Waals surface area contributed by atoms with Crippen molar-refractivity contribution in [3.05, 3.63) is 89.2 Å². The number of benzene rings is 3. The van der Waals surface area contributed by atoms with E-state index in [1.807, 2.05) is 94.4 Å². The van der Waals surface area contributed by atoms with Crippen LogP contribution in [0.3, 0.4) is 0 Å². The van der Waals surface area contributed by atoms with E-state index >= 15 is 0 Å². The maximum absolute atomic E-state index is 12.7. The summed E-state index contributed by atoms with van der Waals surface area (Å²) in [6.45, 7) is 9.01. The second kappa shape index (κ2) is 10.4. The predicted octanol–water partition coefficient (Wildman–Crippen LogP) is 5.30. The number of hydrogen-bond donors (Lipinski definition) is 1. The molecule has 0 fully saturated rings. The third-order valence-corrected chi connectivity index (χ3v) is 5.72. The molecule has 4 aromatic rings. The molecular weight excluding hydrogens is 426 g/mol. The lowest BCUT2D eigenvalue weighted by Crippen LogP contribution is -2.33. The lowest BCUT2D eigenvalue weighted by Gasteiger charge is -2.17. The number of aryl methyl sites for hydroxylation is 3. The van der Waals surface area contributed by atoms with Crippen LogP contribution < -0.4 is 14.8 Å². The summed E-state index contributed by atoms with van der Waals surface area (Å²) in [5.74, 6) is 2.16. The molecule has 34 heavy (non-hydrogen) atoms. The van der Waals surface area contributed by atoms with Crippen LogP contribution >= 0.6 is 0 Å². The number of hydrogen-bond acceptors (Lipinski definition) is 4. The summed E-state index contributed by atoms with van der Waals surface area (Å²) in [6, 6.07) is 21.7. The second-order valence-corrected chi connectivity index (χ2v) is 8.62. The molecule has 1 unspecified atom stereocenters. The SMILES string of the molecule is Cc1cccc(OCCn2c(C(C)NC(=O)COc3cc(C)ccc3C)nc3ccccc32)c1. The average Bonchev–Trinajstić information content (AvgIpc) is 3.18. The molecule has 0 bridgehead atoms. The van der Waals surface area contributed by atoms with Gasteiger partial charge in [-0.3, -0.25) is 4.79 Å². The third kappa shape index (κ3) is 5.57. The topological polar surface area (TPSA) is 65.4 Å². The zero-order valence-electron chi connectivity index (χ0n) is 20.2. The fourth-order valence-electron chi connectivity index (χ4n) is 3.97. The fraction of sp³-hybridized carbons (Fsp3) is 0.286. The fourth-order valence-corrected chi connectivity index (χ4v) is 3.97. The first-order valence-electron chi connectivity index (χ1n) is 11.5. The predicted molar refractivity (Wildman–Crippen MR) is 134 cm³/mol. The van der Waals surface area contributed by atoms with E-state index in [-0.39, 0.29) is 18.6 Å². The molecule has 0 saturated heterocycles. The highest BCUT2D eigenvalue weighted by Gasteiger charge is 2.19. The summed E-state index contributed by atoms with van der Waals surface area (Å²) >= 11 is 0. The Bertz CT molecular complexity index is 1300. The monoisotopic (exact) mass is 457 g/mol. The smallest absolute Gasteiger partial charge is 0.258 e. The largest absolute Gasteiger partial charge is 0.492 e. The quantitative estimate of drug-likeness (QED) is 0.371. The van der Waals surface area contributed by atoms with Gasteiger partial charge in [-0.05, 0) is 74.7 Å². The molecule has 0 aliphatic carbocycles. The normalized spacial score (nSPS) is 11.9. The van der Waals surface area contributed by atoms with E-state index in [1.54, 1.807) is 0 Å². The van der Waals surface area contributed by atoms with Crippen LogP contribution in [0.25, 0.3) is 11.0 Å². The molecule has 1 amide bonds. The maximum atomic E-state index is 12.7. The summed E-state index contributed by atoms with van der Waals surface area (Å²) in [7, 11) is 0. The Labute approximate surface area is 200 Å². The van der Waals surface area contributed by atoms with Gasteiger partial charge in [-0.1, -0.05) is 36.4 Å². The van der Waals surface area contributed by atoms with Crippen molar-refractivity contribution in [1.82, 2.24) is 14.9 Å². The Morgan fingerprint density at radius 1 is 0.971 bits per heavy atom. The summed E-state index contributed by atoms with van der Waals surface area (Å²) in [5.41, 5.74) is 5.15. The summed E-state index contributed by atoms with van der Waals surface area (Å²) < 4.78 is 13.9. The first-order chi connectivity index (χ1) is 16.4. The Balaban J connectivity index is 1.44. The summed E-state index contributed by atoms with van der Waals surface area (Å²) in [6.07, 6.45) is 0. The number of nitrogens with zero attached hydrogens (tertiary/aromatic N) is 2. The van der Waals surface area contributed by atoms with E-state index < -0.39 is 0 Å². The van der Waals surface area contributed by atoms with E-state index in [9.17, 15) is 4.79 Å². The maximum Gasteiger partial charge on any atom is 0.258 e. The molecule has 176 valence electrons. The van der Waals surface area contributed by atoms with Crippen molar-refractivity contribution in [3.8, 4) is 11.5 Å². The Kier molecular flexibility index (Phi) is 7.16. The molecule has 0 radical (unpaired) electrons. The van der Waals surface area contributed by atoms with E-state index in [4.69, 9.17) is 14.5 Å². The third-order valence-electron chi connectivity index (χ3n) is 5.72. The number of carbonyl (C=O) groups excluding carboxylic acids is 1. The van der Waals surface area contributed by atoms with Crippen molar-refractivity contribution in [3.63, 3.8) is 0 Å². The van der Waals surface area contributed by atoms with Crippen molar-refractivity contribution in [2.45, 2.75) is 40.3 Å². The number of imidazole rings is 1. The van der Waals surface area contributed by atoms with E-state index in [0.717, 1.165) is 45.0 Å². The number of fused-ring (bicyclic) bond motifs is 1. The number of amides is 1. The van der Waals surface area contributed by atoms with Crippen LogP contribution in [0.2, 0.25) is 0 Å². The molecule has 1 atom stereocenters. The summed E-state index contributed by atoms with van der Waals surface area (Å²) in [4.78, 5) is 17.5. The van der Waals surface area contributed by atoms with E-state index in [0.29, 0.717) is 13.2 Å². The molecule has 6 heteroatoms.